The highest BCUT2D eigenvalue weighted by molar-refractivity contribution is 5.43. The molecule has 1 fully saturated rings. The van der Waals surface area contributed by atoms with Crippen molar-refractivity contribution in [3.05, 3.63) is 28.8 Å². The fourth-order valence-electron chi connectivity index (χ4n) is 2.93. The lowest BCUT2D eigenvalue weighted by Crippen LogP contribution is -2.45. The molecule has 2 rings (SSSR count). The van der Waals surface area contributed by atoms with E-state index < -0.39 is 0 Å². The van der Waals surface area contributed by atoms with Crippen molar-refractivity contribution in [3.8, 4) is 5.75 Å². The molecule has 2 N–H and O–H groups in total. The van der Waals surface area contributed by atoms with Gasteiger partial charge in [-0.15, -0.1) is 0 Å². The first kappa shape index (κ1) is 16.3. The van der Waals surface area contributed by atoms with Crippen LogP contribution in [-0.4, -0.2) is 62.7 Å². The Hall–Kier alpha value is -1.10. The summed E-state index contributed by atoms with van der Waals surface area (Å²) in [6.45, 7) is 11.3. The monoisotopic (exact) mass is 291 g/mol. The van der Waals surface area contributed by atoms with E-state index in [9.17, 15) is 0 Å². The predicted octanol–water partition coefficient (Wildman–Crippen LogP) is 1.43. The van der Waals surface area contributed by atoms with E-state index in [-0.39, 0.29) is 0 Å². The van der Waals surface area contributed by atoms with Crippen LogP contribution in [0.25, 0.3) is 0 Å². The molecule has 118 valence electrons. The van der Waals surface area contributed by atoms with Gasteiger partial charge in [0, 0.05) is 32.7 Å². The second kappa shape index (κ2) is 7.78. The summed E-state index contributed by atoms with van der Waals surface area (Å²) in [5.41, 5.74) is 9.37. The third kappa shape index (κ3) is 4.70. The van der Waals surface area contributed by atoms with Gasteiger partial charge < -0.3 is 15.4 Å². The maximum Gasteiger partial charge on any atom is 0.125 e. The quantitative estimate of drug-likeness (QED) is 0.861. The lowest BCUT2D eigenvalue weighted by Gasteiger charge is -2.32. The Morgan fingerprint density at radius 1 is 1.10 bits per heavy atom. The standard InChI is InChI=1S/C17H29N3O/c1-14-12-16(4-5-18)13-15(2)17(14)21-11-10-20-8-6-19(3)7-9-20/h12-13H,4-11,18H2,1-3H3. The van der Waals surface area contributed by atoms with Crippen molar-refractivity contribution in [1.82, 2.24) is 9.80 Å². The highest BCUT2D eigenvalue weighted by Gasteiger charge is 2.14. The Bertz CT molecular complexity index is 430. The molecule has 0 saturated carbocycles. The van der Waals surface area contributed by atoms with Gasteiger partial charge in [0.15, 0.2) is 0 Å². The first-order valence-electron chi connectivity index (χ1n) is 7.94. The fraction of sp³-hybridized carbons (Fsp3) is 0.647. The number of nitrogens with zero attached hydrogens (tertiary/aromatic N) is 2. The van der Waals surface area contributed by atoms with Gasteiger partial charge in [0.1, 0.15) is 12.4 Å². The summed E-state index contributed by atoms with van der Waals surface area (Å²) in [7, 11) is 2.18. The van der Waals surface area contributed by atoms with E-state index in [2.05, 4.69) is 42.8 Å². The van der Waals surface area contributed by atoms with Crippen LogP contribution in [0.15, 0.2) is 12.1 Å². The van der Waals surface area contributed by atoms with E-state index >= 15 is 0 Å². The molecule has 4 nitrogen and oxygen atoms in total. The number of ether oxygens (including phenoxy) is 1. The smallest absolute Gasteiger partial charge is 0.125 e. The van der Waals surface area contributed by atoms with E-state index in [1.54, 1.807) is 0 Å². The number of nitrogens with two attached hydrogens (primary N) is 1. The Morgan fingerprint density at radius 2 is 1.71 bits per heavy atom. The molecule has 1 aliphatic rings. The van der Waals surface area contributed by atoms with Crippen LogP contribution in [0.5, 0.6) is 5.75 Å². The summed E-state index contributed by atoms with van der Waals surface area (Å²) in [5.74, 6) is 1.05. The molecule has 0 aliphatic carbocycles. The second-order valence-corrected chi connectivity index (χ2v) is 6.09. The third-order valence-corrected chi connectivity index (χ3v) is 4.20. The van der Waals surface area contributed by atoms with Gasteiger partial charge in [-0.1, -0.05) is 12.1 Å². The molecule has 0 radical (unpaired) electrons. The van der Waals surface area contributed by atoms with Crippen molar-refractivity contribution < 1.29 is 4.74 Å². The van der Waals surface area contributed by atoms with Crippen LogP contribution >= 0.6 is 0 Å². The maximum absolute atomic E-state index is 6.04. The van der Waals surface area contributed by atoms with Crippen molar-refractivity contribution in [3.63, 3.8) is 0 Å². The number of rotatable bonds is 6. The van der Waals surface area contributed by atoms with E-state index in [4.69, 9.17) is 10.5 Å². The van der Waals surface area contributed by atoms with Crippen molar-refractivity contribution >= 4 is 0 Å². The number of likely N-dealkylation sites (N-methyl/N-ethyl adjacent to an activating group) is 1. The molecular weight excluding hydrogens is 262 g/mol. The van der Waals surface area contributed by atoms with Crippen LogP contribution < -0.4 is 10.5 Å². The van der Waals surface area contributed by atoms with E-state index in [0.717, 1.165) is 51.5 Å². The molecule has 1 aromatic rings. The molecule has 0 bridgehead atoms. The lowest BCUT2D eigenvalue weighted by molar-refractivity contribution is 0.133. The lowest BCUT2D eigenvalue weighted by atomic mass is 10.0. The van der Waals surface area contributed by atoms with E-state index in [0.29, 0.717) is 6.54 Å². The zero-order valence-corrected chi connectivity index (χ0v) is 13.7. The number of piperazine rings is 1. The molecule has 1 aromatic carbocycles. The molecule has 0 aromatic heterocycles. The predicted molar refractivity (Wildman–Crippen MR) is 88.1 cm³/mol. The average molecular weight is 291 g/mol. The molecule has 0 spiro atoms. The number of benzene rings is 1. The van der Waals surface area contributed by atoms with Crippen LogP contribution in [-0.2, 0) is 6.42 Å². The molecule has 1 saturated heterocycles. The summed E-state index contributed by atoms with van der Waals surface area (Å²) in [5, 5.41) is 0. The first-order chi connectivity index (χ1) is 10.1. The molecule has 4 heteroatoms. The minimum absolute atomic E-state index is 0.697. The zero-order chi connectivity index (χ0) is 15.2. The molecular formula is C17H29N3O. The molecule has 21 heavy (non-hydrogen) atoms. The van der Waals surface area contributed by atoms with Crippen LogP contribution in [0.3, 0.4) is 0 Å². The Kier molecular flexibility index (Phi) is 6.03. The van der Waals surface area contributed by atoms with Crippen molar-refractivity contribution in [2.45, 2.75) is 20.3 Å². The maximum atomic E-state index is 6.04. The molecule has 1 heterocycles. The minimum atomic E-state index is 0.697. The number of aryl methyl sites for hydroxylation is 2. The third-order valence-electron chi connectivity index (χ3n) is 4.20. The minimum Gasteiger partial charge on any atom is -0.492 e. The fourth-order valence-corrected chi connectivity index (χ4v) is 2.93. The molecule has 0 amide bonds. The van der Waals surface area contributed by atoms with Crippen LogP contribution in [0, 0.1) is 13.8 Å². The van der Waals surface area contributed by atoms with Gasteiger partial charge in [-0.2, -0.15) is 0 Å². The normalized spacial score (nSPS) is 17.1. The molecule has 1 aliphatic heterocycles. The number of hydrogen-bond acceptors (Lipinski definition) is 4. The van der Waals surface area contributed by atoms with Crippen LogP contribution in [0.1, 0.15) is 16.7 Å². The first-order valence-corrected chi connectivity index (χ1v) is 7.94. The largest absolute Gasteiger partial charge is 0.492 e. The van der Waals surface area contributed by atoms with Gasteiger partial charge in [-0.25, -0.2) is 0 Å². The van der Waals surface area contributed by atoms with Crippen molar-refractivity contribution in [2.75, 3.05) is 52.9 Å². The SMILES string of the molecule is Cc1cc(CCN)cc(C)c1OCCN1CCN(C)CC1. The summed E-state index contributed by atoms with van der Waals surface area (Å²) < 4.78 is 6.04. The van der Waals surface area contributed by atoms with Gasteiger partial charge in [-0.3, -0.25) is 4.90 Å². The Labute approximate surface area is 128 Å². The Balaban J connectivity index is 1.85. The highest BCUT2D eigenvalue weighted by Crippen LogP contribution is 2.25. The summed E-state index contributed by atoms with van der Waals surface area (Å²) in [4.78, 5) is 4.86. The Morgan fingerprint density at radius 3 is 2.29 bits per heavy atom. The van der Waals surface area contributed by atoms with Crippen molar-refractivity contribution in [2.24, 2.45) is 5.73 Å². The highest BCUT2D eigenvalue weighted by atomic mass is 16.5. The van der Waals surface area contributed by atoms with Gasteiger partial charge in [0.2, 0.25) is 0 Å². The van der Waals surface area contributed by atoms with Crippen molar-refractivity contribution in [1.29, 1.82) is 0 Å². The van der Waals surface area contributed by atoms with Crippen LogP contribution in [0.4, 0.5) is 0 Å². The van der Waals surface area contributed by atoms with E-state index in [1.807, 2.05) is 0 Å². The van der Waals surface area contributed by atoms with Gasteiger partial charge >= 0.3 is 0 Å². The van der Waals surface area contributed by atoms with Gasteiger partial charge in [-0.05, 0) is 50.6 Å². The summed E-state index contributed by atoms with van der Waals surface area (Å²) in [6, 6.07) is 4.40. The summed E-state index contributed by atoms with van der Waals surface area (Å²) >= 11 is 0. The molecule has 0 unspecified atom stereocenters. The second-order valence-electron chi connectivity index (χ2n) is 6.09. The van der Waals surface area contributed by atoms with Gasteiger partial charge in [0.05, 0.1) is 0 Å². The summed E-state index contributed by atoms with van der Waals surface area (Å²) in [6.07, 6.45) is 0.934. The van der Waals surface area contributed by atoms with Crippen LogP contribution in [0.2, 0.25) is 0 Å². The van der Waals surface area contributed by atoms with E-state index in [1.165, 1.54) is 16.7 Å². The topological polar surface area (TPSA) is 41.7 Å². The zero-order valence-electron chi connectivity index (χ0n) is 13.7. The van der Waals surface area contributed by atoms with Gasteiger partial charge in [0.25, 0.3) is 0 Å². The number of hydrogen-bond donors (Lipinski definition) is 1. The average Bonchev–Trinajstić information content (AvgIpc) is 2.44. The molecule has 0 atom stereocenters.